The molecule has 0 spiro atoms. The summed E-state index contributed by atoms with van der Waals surface area (Å²) < 4.78 is 0. The van der Waals surface area contributed by atoms with Gasteiger partial charge in [0.05, 0.1) is 11.9 Å². The van der Waals surface area contributed by atoms with Gasteiger partial charge in [0.15, 0.2) is 0 Å². The van der Waals surface area contributed by atoms with Crippen LogP contribution >= 0.6 is 0 Å². The highest BCUT2D eigenvalue weighted by atomic mass is 16.4. The molecule has 0 bridgehead atoms. The predicted molar refractivity (Wildman–Crippen MR) is 67.6 cm³/mol. The molecule has 0 fully saturated rings. The molecule has 0 aliphatic heterocycles. The summed E-state index contributed by atoms with van der Waals surface area (Å²) in [5, 5.41) is 11.9. The molecule has 0 radical (unpaired) electrons. The van der Waals surface area contributed by atoms with E-state index in [4.69, 9.17) is 5.11 Å². The van der Waals surface area contributed by atoms with Crippen LogP contribution in [0.1, 0.15) is 16.2 Å². The van der Waals surface area contributed by atoms with E-state index in [2.05, 4.69) is 15.3 Å². The quantitative estimate of drug-likeness (QED) is 0.838. The molecule has 2 rings (SSSR count). The highest BCUT2D eigenvalue weighted by molar-refractivity contribution is 5.85. The van der Waals surface area contributed by atoms with Crippen LogP contribution in [0.25, 0.3) is 0 Å². The topological polar surface area (TPSA) is 75.1 Å². The Labute approximate surface area is 105 Å². The molecule has 92 valence electrons. The predicted octanol–water partition coefficient (Wildman–Crippen LogP) is 1.83. The van der Waals surface area contributed by atoms with Crippen molar-refractivity contribution in [3.05, 3.63) is 54.1 Å². The second kappa shape index (κ2) is 5.77. The zero-order valence-corrected chi connectivity index (χ0v) is 9.71. The fraction of sp³-hybridized carbons (Fsp3) is 0.154. The SMILES string of the molecule is O=C(O)c1ccc(NCCc2ccccn2)cn1. The van der Waals surface area contributed by atoms with E-state index in [1.807, 2.05) is 18.2 Å². The Morgan fingerprint density at radius 1 is 1.22 bits per heavy atom. The lowest BCUT2D eigenvalue weighted by Crippen LogP contribution is -2.07. The smallest absolute Gasteiger partial charge is 0.354 e. The highest BCUT2D eigenvalue weighted by Crippen LogP contribution is 2.06. The van der Waals surface area contributed by atoms with Gasteiger partial charge in [-0.1, -0.05) is 6.07 Å². The first-order valence-electron chi connectivity index (χ1n) is 5.59. The average Bonchev–Trinajstić information content (AvgIpc) is 2.40. The van der Waals surface area contributed by atoms with E-state index in [-0.39, 0.29) is 5.69 Å². The molecule has 0 aromatic carbocycles. The maximum Gasteiger partial charge on any atom is 0.354 e. The molecule has 0 saturated heterocycles. The lowest BCUT2D eigenvalue weighted by molar-refractivity contribution is 0.0690. The Morgan fingerprint density at radius 2 is 2.11 bits per heavy atom. The van der Waals surface area contributed by atoms with Crippen molar-refractivity contribution < 1.29 is 9.90 Å². The lowest BCUT2D eigenvalue weighted by atomic mass is 10.2. The molecule has 0 saturated carbocycles. The van der Waals surface area contributed by atoms with Crippen LogP contribution < -0.4 is 5.32 Å². The zero-order chi connectivity index (χ0) is 12.8. The van der Waals surface area contributed by atoms with Gasteiger partial charge in [-0.3, -0.25) is 4.98 Å². The molecule has 0 unspecified atom stereocenters. The number of anilines is 1. The van der Waals surface area contributed by atoms with E-state index in [9.17, 15) is 4.79 Å². The number of carbonyl (C=O) groups is 1. The molecule has 2 heterocycles. The molecule has 5 heteroatoms. The van der Waals surface area contributed by atoms with Crippen LogP contribution in [0.3, 0.4) is 0 Å². The van der Waals surface area contributed by atoms with Gasteiger partial charge in [0.2, 0.25) is 0 Å². The van der Waals surface area contributed by atoms with Crippen molar-refractivity contribution in [2.24, 2.45) is 0 Å². The molecule has 0 amide bonds. The first kappa shape index (κ1) is 12.0. The van der Waals surface area contributed by atoms with E-state index in [1.165, 1.54) is 12.3 Å². The normalized spacial score (nSPS) is 10.0. The van der Waals surface area contributed by atoms with Crippen LogP contribution in [-0.2, 0) is 6.42 Å². The molecule has 0 atom stereocenters. The van der Waals surface area contributed by atoms with Crippen molar-refractivity contribution in [3.8, 4) is 0 Å². The molecule has 0 aliphatic carbocycles. The molecule has 18 heavy (non-hydrogen) atoms. The lowest BCUT2D eigenvalue weighted by Gasteiger charge is -2.05. The van der Waals surface area contributed by atoms with Gasteiger partial charge in [-0.25, -0.2) is 9.78 Å². The molecular formula is C13H13N3O2. The van der Waals surface area contributed by atoms with Gasteiger partial charge in [0.1, 0.15) is 5.69 Å². The van der Waals surface area contributed by atoms with Crippen molar-refractivity contribution in [1.82, 2.24) is 9.97 Å². The number of aromatic nitrogens is 2. The number of nitrogens with one attached hydrogen (secondary N) is 1. The fourth-order valence-electron chi connectivity index (χ4n) is 1.51. The third-order valence-electron chi connectivity index (χ3n) is 2.42. The van der Waals surface area contributed by atoms with Gasteiger partial charge < -0.3 is 10.4 Å². The first-order valence-corrected chi connectivity index (χ1v) is 5.59. The molecule has 2 N–H and O–H groups in total. The third-order valence-corrected chi connectivity index (χ3v) is 2.42. The minimum absolute atomic E-state index is 0.0466. The third kappa shape index (κ3) is 3.28. The highest BCUT2D eigenvalue weighted by Gasteiger charge is 2.03. The van der Waals surface area contributed by atoms with Gasteiger partial charge >= 0.3 is 5.97 Å². The molecule has 0 aliphatic rings. The molecule has 2 aromatic heterocycles. The van der Waals surface area contributed by atoms with Crippen molar-refractivity contribution in [2.75, 3.05) is 11.9 Å². The Balaban J connectivity index is 1.85. The summed E-state index contributed by atoms with van der Waals surface area (Å²) in [6.45, 7) is 0.727. The number of nitrogens with zero attached hydrogens (tertiary/aromatic N) is 2. The summed E-state index contributed by atoms with van der Waals surface area (Å²) in [5.41, 5.74) is 1.86. The summed E-state index contributed by atoms with van der Waals surface area (Å²) in [5.74, 6) is -1.02. The fourth-order valence-corrected chi connectivity index (χ4v) is 1.51. The van der Waals surface area contributed by atoms with Crippen LogP contribution in [-0.4, -0.2) is 27.6 Å². The van der Waals surface area contributed by atoms with Crippen molar-refractivity contribution in [2.45, 2.75) is 6.42 Å². The number of aromatic carboxylic acids is 1. The summed E-state index contributed by atoms with van der Waals surface area (Å²) in [7, 11) is 0. The van der Waals surface area contributed by atoms with Gasteiger partial charge in [-0.05, 0) is 24.3 Å². The van der Waals surface area contributed by atoms with Gasteiger partial charge in [-0.15, -0.1) is 0 Å². The van der Waals surface area contributed by atoms with E-state index >= 15 is 0 Å². The first-order chi connectivity index (χ1) is 8.75. The molecular weight excluding hydrogens is 230 g/mol. The second-order valence-electron chi connectivity index (χ2n) is 3.74. The number of pyridine rings is 2. The summed E-state index contributed by atoms with van der Waals surface area (Å²) in [4.78, 5) is 18.7. The largest absolute Gasteiger partial charge is 0.477 e. The number of hydrogen-bond acceptors (Lipinski definition) is 4. The molecule has 2 aromatic rings. The van der Waals surface area contributed by atoms with E-state index in [1.54, 1.807) is 12.3 Å². The van der Waals surface area contributed by atoms with E-state index < -0.39 is 5.97 Å². The Morgan fingerprint density at radius 3 is 2.72 bits per heavy atom. The van der Waals surface area contributed by atoms with Crippen LogP contribution in [0.15, 0.2) is 42.7 Å². The van der Waals surface area contributed by atoms with Crippen LogP contribution in [0.5, 0.6) is 0 Å². The summed E-state index contributed by atoms with van der Waals surface area (Å²) >= 11 is 0. The van der Waals surface area contributed by atoms with Crippen molar-refractivity contribution in [1.29, 1.82) is 0 Å². The van der Waals surface area contributed by atoms with Crippen LogP contribution in [0, 0.1) is 0 Å². The second-order valence-corrected chi connectivity index (χ2v) is 3.74. The zero-order valence-electron chi connectivity index (χ0n) is 9.71. The van der Waals surface area contributed by atoms with E-state index in [0.717, 1.165) is 24.3 Å². The maximum absolute atomic E-state index is 10.6. The number of carboxylic acid groups (broad SMARTS) is 1. The number of carboxylic acids is 1. The van der Waals surface area contributed by atoms with Crippen LogP contribution in [0.2, 0.25) is 0 Å². The summed E-state index contributed by atoms with van der Waals surface area (Å²) in [6, 6.07) is 8.98. The standard InChI is InChI=1S/C13H13N3O2/c17-13(18)12-5-4-11(9-16-12)15-8-6-10-3-1-2-7-14-10/h1-5,7,9,15H,6,8H2,(H,17,18). The van der Waals surface area contributed by atoms with Crippen molar-refractivity contribution >= 4 is 11.7 Å². The number of hydrogen-bond donors (Lipinski definition) is 2. The van der Waals surface area contributed by atoms with Gasteiger partial charge in [0, 0.05) is 24.9 Å². The van der Waals surface area contributed by atoms with E-state index in [0.29, 0.717) is 0 Å². The molecule has 5 nitrogen and oxygen atoms in total. The van der Waals surface area contributed by atoms with Crippen LogP contribution in [0.4, 0.5) is 5.69 Å². The minimum atomic E-state index is -1.02. The Hall–Kier alpha value is -2.43. The Bertz CT molecular complexity index is 512. The monoisotopic (exact) mass is 243 g/mol. The number of rotatable bonds is 5. The van der Waals surface area contributed by atoms with Crippen molar-refractivity contribution in [3.63, 3.8) is 0 Å². The summed E-state index contributed by atoms with van der Waals surface area (Å²) in [6.07, 6.45) is 4.09. The minimum Gasteiger partial charge on any atom is -0.477 e. The van der Waals surface area contributed by atoms with Gasteiger partial charge in [-0.2, -0.15) is 0 Å². The average molecular weight is 243 g/mol. The van der Waals surface area contributed by atoms with Gasteiger partial charge in [0.25, 0.3) is 0 Å². The maximum atomic E-state index is 10.6. The Kier molecular flexibility index (Phi) is 3.86.